The summed E-state index contributed by atoms with van der Waals surface area (Å²) in [6.45, 7) is 6.76. The standard InChI is InChI=1S/C72H50N6O.Pt/c1-72(2,3)50-40-41-73-64(44-50)78-63-46-55(79-54-31-20-30-53(45-54)74-42-43-75(47-74)68-56(48-22-8-4-9-23-48)34-21-35-57(68)49-24-10-5-11-25-49)38-39-60(63)65-66-58-32-16-18-36-61(58)76(51-26-12-6-13-27-51)70(66)71-67(69(65)78)59-33-17-19-37-62(59)77(71)52-28-14-7-15-29-52;/h4-44H,1-3H3;/q-2;. The number of ether oxygens (including phenoxy) is 1. The van der Waals surface area contributed by atoms with Crippen LogP contribution in [0.4, 0.5) is 0 Å². The van der Waals surface area contributed by atoms with E-state index < -0.39 is 0 Å². The molecule has 0 unspecified atom stereocenters. The molecule has 0 saturated heterocycles. The van der Waals surface area contributed by atoms with Gasteiger partial charge in [0.15, 0.2) is 0 Å². The second-order valence-corrected chi connectivity index (χ2v) is 21.2. The summed E-state index contributed by atoms with van der Waals surface area (Å²) in [5.41, 5.74) is 15.9. The summed E-state index contributed by atoms with van der Waals surface area (Å²) in [6, 6.07) is 88.8. The molecule has 80 heavy (non-hydrogen) atoms. The molecule has 5 aromatic heterocycles. The van der Waals surface area contributed by atoms with Gasteiger partial charge in [-0.25, -0.2) is 4.98 Å². The first-order valence-corrected chi connectivity index (χ1v) is 26.8. The number of hydrogen-bond donors (Lipinski definition) is 0. The minimum atomic E-state index is -0.143. The average Bonchev–Trinajstić information content (AvgIpc) is 4.47. The van der Waals surface area contributed by atoms with Crippen LogP contribution in [0.5, 0.6) is 11.5 Å². The Hall–Kier alpha value is -9.55. The SMILES string of the molecule is CC(C)(C)c1ccnc(-n2c3[c-]c(Oc4[c-]c(-[n+]5[c-]n(-c6c(-c7ccccc7)cccc6-c6ccccc6)cc5)ccc4)ccc3c3c4c5ccccc5n(-c5ccccc5)c4c4c(c5ccccc5n4-c4ccccc4)c32)c1.[Pt]. The number of aromatic nitrogens is 6. The molecule has 0 spiro atoms. The summed E-state index contributed by atoms with van der Waals surface area (Å²) < 4.78 is 18.2. The van der Waals surface area contributed by atoms with Crippen LogP contribution in [0, 0.1) is 18.5 Å². The van der Waals surface area contributed by atoms with E-state index in [-0.39, 0.29) is 26.5 Å². The van der Waals surface area contributed by atoms with Gasteiger partial charge >= 0.3 is 0 Å². The Balaban J connectivity index is 0.00000577. The fourth-order valence-electron chi connectivity index (χ4n) is 11.9. The molecule has 0 fully saturated rings. The maximum Gasteiger partial charge on any atom is 0.267 e. The Morgan fingerprint density at radius 3 is 1.64 bits per heavy atom. The maximum atomic E-state index is 6.91. The van der Waals surface area contributed by atoms with Crippen LogP contribution >= 0.6 is 0 Å². The molecule has 8 heteroatoms. The van der Waals surface area contributed by atoms with E-state index in [0.29, 0.717) is 11.5 Å². The van der Waals surface area contributed by atoms with Crippen molar-refractivity contribution < 1.29 is 30.4 Å². The number of pyridine rings is 1. The number of nitrogens with zero attached hydrogens (tertiary/aromatic N) is 6. The van der Waals surface area contributed by atoms with E-state index in [1.54, 1.807) is 0 Å². The maximum absolute atomic E-state index is 6.91. The van der Waals surface area contributed by atoms with Crippen LogP contribution in [0.3, 0.4) is 0 Å². The Morgan fingerprint density at radius 1 is 0.475 bits per heavy atom. The summed E-state index contributed by atoms with van der Waals surface area (Å²) in [5.74, 6) is 1.91. The molecule has 0 aliphatic carbocycles. The van der Waals surface area contributed by atoms with E-state index in [1.807, 2.05) is 41.2 Å². The molecule has 0 bridgehead atoms. The van der Waals surface area contributed by atoms with E-state index in [9.17, 15) is 0 Å². The number of rotatable bonds is 9. The minimum absolute atomic E-state index is 0. The molecule has 15 rings (SSSR count). The van der Waals surface area contributed by atoms with Crippen molar-refractivity contribution in [2.45, 2.75) is 26.2 Å². The van der Waals surface area contributed by atoms with Crippen LogP contribution in [-0.4, -0.2) is 23.3 Å². The second-order valence-electron chi connectivity index (χ2n) is 21.2. The molecule has 0 atom stereocenters. The average molecular weight is 1210 g/mol. The second kappa shape index (κ2) is 19.4. The van der Waals surface area contributed by atoms with Crippen molar-refractivity contribution in [2.75, 3.05) is 0 Å². The summed E-state index contributed by atoms with van der Waals surface area (Å²) in [6.07, 6.45) is 9.67. The zero-order chi connectivity index (χ0) is 52.8. The molecule has 0 N–H and O–H groups in total. The zero-order valence-corrected chi connectivity index (χ0v) is 46.4. The molecular formula is C72H50N6OPt-2. The first kappa shape index (κ1) is 48.8. The van der Waals surface area contributed by atoms with Crippen LogP contribution in [0.1, 0.15) is 26.3 Å². The van der Waals surface area contributed by atoms with Crippen molar-refractivity contribution in [3.05, 3.63) is 273 Å². The van der Waals surface area contributed by atoms with Gasteiger partial charge in [0, 0.05) is 84.1 Å². The predicted molar refractivity (Wildman–Crippen MR) is 321 cm³/mol. The van der Waals surface area contributed by atoms with Gasteiger partial charge in [0.05, 0.1) is 33.3 Å². The summed E-state index contributed by atoms with van der Waals surface area (Å²) >= 11 is 0. The molecule has 15 aromatic rings. The Kier molecular flexibility index (Phi) is 11.8. The van der Waals surface area contributed by atoms with Gasteiger partial charge in [-0.15, -0.1) is 29.7 Å². The monoisotopic (exact) mass is 1210 g/mol. The first-order valence-electron chi connectivity index (χ1n) is 26.8. The van der Waals surface area contributed by atoms with Gasteiger partial charge in [-0.05, 0) is 92.8 Å². The van der Waals surface area contributed by atoms with Crippen LogP contribution < -0.4 is 9.30 Å². The molecule has 0 saturated carbocycles. The smallest absolute Gasteiger partial charge is 0.267 e. The normalized spacial score (nSPS) is 11.8. The van der Waals surface area contributed by atoms with Crippen molar-refractivity contribution in [3.8, 4) is 62.3 Å². The third-order valence-electron chi connectivity index (χ3n) is 15.4. The molecule has 0 amide bonds. The molecule has 0 radical (unpaired) electrons. The third kappa shape index (κ3) is 7.91. The quantitative estimate of drug-likeness (QED) is 0.107. The molecule has 5 heterocycles. The summed E-state index contributed by atoms with van der Waals surface area (Å²) in [5, 5.41) is 6.74. The Labute approximate surface area is 477 Å². The van der Waals surface area contributed by atoms with E-state index in [1.165, 1.54) is 5.56 Å². The van der Waals surface area contributed by atoms with Gasteiger partial charge in [0.1, 0.15) is 5.82 Å². The molecule has 0 aliphatic rings. The van der Waals surface area contributed by atoms with Gasteiger partial charge in [0.2, 0.25) is 0 Å². The van der Waals surface area contributed by atoms with Crippen molar-refractivity contribution in [1.29, 1.82) is 0 Å². The number of hydrogen-bond acceptors (Lipinski definition) is 2. The van der Waals surface area contributed by atoms with Gasteiger partial charge < -0.3 is 23.0 Å². The van der Waals surface area contributed by atoms with Crippen molar-refractivity contribution in [2.24, 2.45) is 0 Å². The number of fused-ring (bicyclic) bond motifs is 12. The van der Waals surface area contributed by atoms with Crippen LogP contribution in [-0.2, 0) is 26.5 Å². The minimum Gasteiger partial charge on any atom is -0.510 e. The number of para-hydroxylation sites is 5. The molecule has 7 nitrogen and oxygen atoms in total. The molecule has 386 valence electrons. The molecular weight excluding hydrogens is 1160 g/mol. The topological polar surface area (TPSA) is 45.7 Å². The zero-order valence-electron chi connectivity index (χ0n) is 44.1. The largest absolute Gasteiger partial charge is 0.510 e. The fourth-order valence-corrected chi connectivity index (χ4v) is 11.9. The summed E-state index contributed by atoms with van der Waals surface area (Å²) in [4.78, 5) is 5.25. The van der Waals surface area contributed by atoms with Crippen molar-refractivity contribution in [1.82, 2.24) is 23.3 Å². The van der Waals surface area contributed by atoms with E-state index in [2.05, 4.69) is 270 Å². The predicted octanol–water partition coefficient (Wildman–Crippen LogP) is 17.3. The Bertz CT molecular complexity index is 4780. The van der Waals surface area contributed by atoms with Crippen molar-refractivity contribution in [3.63, 3.8) is 0 Å². The van der Waals surface area contributed by atoms with Crippen LogP contribution in [0.2, 0.25) is 0 Å². The van der Waals surface area contributed by atoms with Gasteiger partial charge in [-0.2, -0.15) is 18.2 Å². The van der Waals surface area contributed by atoms with Gasteiger partial charge in [-0.1, -0.05) is 178 Å². The number of benzene rings is 10. The van der Waals surface area contributed by atoms with Crippen molar-refractivity contribution >= 4 is 65.4 Å². The van der Waals surface area contributed by atoms with Crippen LogP contribution in [0.25, 0.3) is 116 Å². The fraction of sp³-hybridized carbons (Fsp3) is 0.0556. The van der Waals surface area contributed by atoms with E-state index in [0.717, 1.165) is 116 Å². The molecule has 10 aromatic carbocycles. The summed E-state index contributed by atoms with van der Waals surface area (Å²) in [7, 11) is 0. The first-order chi connectivity index (χ1) is 38.9. The van der Waals surface area contributed by atoms with E-state index in [4.69, 9.17) is 9.72 Å². The third-order valence-corrected chi connectivity index (χ3v) is 15.4. The van der Waals surface area contributed by atoms with Crippen LogP contribution in [0.15, 0.2) is 249 Å². The number of imidazole rings is 1. The van der Waals surface area contributed by atoms with Gasteiger partial charge in [0.25, 0.3) is 6.33 Å². The Morgan fingerprint density at radius 2 is 1.01 bits per heavy atom. The van der Waals surface area contributed by atoms with Gasteiger partial charge in [-0.3, -0.25) is 4.57 Å². The molecule has 0 aliphatic heterocycles. The van der Waals surface area contributed by atoms with E-state index >= 15 is 0 Å².